The molecule has 326 valence electrons. The summed E-state index contributed by atoms with van der Waals surface area (Å²) in [6.45, 7) is 6.47. The molecule has 0 aromatic carbocycles. The lowest BCUT2D eigenvalue weighted by Crippen LogP contribution is -2.46. The van der Waals surface area contributed by atoms with Gasteiger partial charge in [0.2, 0.25) is 5.91 Å². The van der Waals surface area contributed by atoms with Gasteiger partial charge in [0.05, 0.1) is 25.2 Å². The Hall–Kier alpha value is -1.40. The average molecular weight is 778 g/mol. The third-order valence-electron chi connectivity index (χ3n) is 11.3. The highest BCUT2D eigenvalue weighted by molar-refractivity contribution is 5.77. The van der Waals surface area contributed by atoms with Crippen LogP contribution < -0.4 is 5.32 Å². The highest BCUT2D eigenvalue weighted by atomic mass is 16.5. The van der Waals surface area contributed by atoms with Crippen LogP contribution in [0.2, 0.25) is 0 Å². The summed E-state index contributed by atoms with van der Waals surface area (Å²) in [4.78, 5) is 26.0. The minimum Gasteiger partial charge on any atom is -0.462 e. The number of ether oxygens (including phenoxy) is 1. The molecule has 1 amide bonds. The maximum Gasteiger partial charge on any atom is 0.306 e. The molecule has 0 bridgehead atoms. The molecule has 0 spiro atoms. The molecular formula is C49H95NO5. The normalized spacial score (nSPS) is 13.3. The van der Waals surface area contributed by atoms with Crippen LogP contribution in [0.25, 0.3) is 0 Å². The number of carbonyl (C=O) groups excluding carboxylic acids is 2. The van der Waals surface area contributed by atoms with Gasteiger partial charge in [-0.3, -0.25) is 9.59 Å². The fraction of sp³-hybridized carbons (Fsp3) is 0.918. The number of hydrogen-bond acceptors (Lipinski definition) is 5. The van der Waals surface area contributed by atoms with Crippen LogP contribution in [0.4, 0.5) is 0 Å². The minimum atomic E-state index is -0.784. The predicted octanol–water partition coefficient (Wildman–Crippen LogP) is 14.2. The van der Waals surface area contributed by atoms with Crippen LogP contribution in [0.5, 0.6) is 0 Å². The molecule has 0 fully saturated rings. The molecule has 0 saturated carbocycles. The van der Waals surface area contributed by atoms with E-state index in [-0.39, 0.29) is 24.9 Å². The molecule has 0 aliphatic carbocycles. The molecule has 3 unspecified atom stereocenters. The lowest BCUT2D eigenvalue weighted by Gasteiger charge is -2.24. The smallest absolute Gasteiger partial charge is 0.306 e. The molecule has 0 aromatic rings. The third-order valence-corrected chi connectivity index (χ3v) is 11.3. The molecule has 0 saturated heterocycles. The number of amides is 1. The number of unbranched alkanes of at least 4 members (excludes halogenated alkanes) is 30. The Morgan fingerprint density at radius 3 is 1.31 bits per heavy atom. The molecule has 3 N–H and O–H groups in total. The first-order valence-electron chi connectivity index (χ1n) is 24.4. The first-order valence-corrected chi connectivity index (χ1v) is 24.4. The zero-order valence-corrected chi connectivity index (χ0v) is 37.1. The third kappa shape index (κ3) is 39.2. The summed E-state index contributed by atoms with van der Waals surface area (Å²) < 4.78 is 5.90. The van der Waals surface area contributed by atoms with Crippen molar-refractivity contribution >= 4 is 11.9 Å². The Morgan fingerprint density at radius 2 is 0.873 bits per heavy atom. The van der Waals surface area contributed by atoms with E-state index in [1.54, 1.807) is 0 Å². The number of aliphatic hydroxyl groups is 2. The van der Waals surface area contributed by atoms with Gasteiger partial charge in [0.25, 0.3) is 0 Å². The van der Waals surface area contributed by atoms with Crippen LogP contribution in [0, 0.1) is 0 Å². The zero-order chi connectivity index (χ0) is 40.3. The van der Waals surface area contributed by atoms with E-state index >= 15 is 0 Å². The summed E-state index contributed by atoms with van der Waals surface area (Å²) in [6.07, 6.45) is 47.0. The van der Waals surface area contributed by atoms with Gasteiger partial charge in [-0.2, -0.15) is 0 Å². The molecule has 6 heteroatoms. The molecule has 55 heavy (non-hydrogen) atoms. The summed E-state index contributed by atoms with van der Waals surface area (Å²) in [5, 5.41) is 23.7. The van der Waals surface area contributed by atoms with Gasteiger partial charge in [-0.15, -0.1) is 0 Å². The number of hydrogen-bond donors (Lipinski definition) is 3. The van der Waals surface area contributed by atoms with E-state index in [2.05, 4.69) is 38.2 Å². The number of aliphatic hydroxyl groups excluding tert-OH is 2. The van der Waals surface area contributed by atoms with Crippen molar-refractivity contribution in [2.75, 3.05) is 6.61 Å². The van der Waals surface area contributed by atoms with Crippen molar-refractivity contribution in [3.05, 3.63) is 12.2 Å². The molecule has 0 aliphatic heterocycles. The Morgan fingerprint density at radius 1 is 0.509 bits per heavy atom. The summed E-state index contributed by atoms with van der Waals surface area (Å²) in [6, 6.07) is -0.698. The largest absolute Gasteiger partial charge is 0.462 e. The van der Waals surface area contributed by atoms with E-state index in [9.17, 15) is 19.8 Å². The van der Waals surface area contributed by atoms with Crippen LogP contribution in [0.15, 0.2) is 12.2 Å². The van der Waals surface area contributed by atoms with Crippen molar-refractivity contribution in [3.63, 3.8) is 0 Å². The molecular weight excluding hydrogens is 683 g/mol. The molecule has 0 aromatic heterocycles. The van der Waals surface area contributed by atoms with Gasteiger partial charge in [0.15, 0.2) is 0 Å². The second-order valence-electron chi connectivity index (χ2n) is 16.9. The number of esters is 1. The molecule has 0 rings (SSSR count). The molecule has 0 radical (unpaired) electrons. The molecule has 6 nitrogen and oxygen atoms in total. The zero-order valence-electron chi connectivity index (χ0n) is 37.1. The maximum absolute atomic E-state index is 13.1. The molecule has 0 aliphatic rings. The van der Waals surface area contributed by atoms with Crippen molar-refractivity contribution in [1.29, 1.82) is 0 Å². The highest BCUT2D eigenvalue weighted by Crippen LogP contribution is 2.18. The fourth-order valence-corrected chi connectivity index (χ4v) is 7.60. The topological polar surface area (TPSA) is 95.9 Å². The quantitative estimate of drug-likeness (QED) is 0.0325. The summed E-state index contributed by atoms with van der Waals surface area (Å²) >= 11 is 0. The van der Waals surface area contributed by atoms with Crippen molar-refractivity contribution in [2.45, 2.75) is 283 Å². The lowest BCUT2D eigenvalue weighted by atomic mass is 10.0. The Bertz CT molecular complexity index is 832. The fourth-order valence-electron chi connectivity index (χ4n) is 7.60. The van der Waals surface area contributed by atoms with Crippen LogP contribution in [0.1, 0.15) is 265 Å². The van der Waals surface area contributed by atoms with Gasteiger partial charge < -0.3 is 20.3 Å². The SMILES string of the molecule is CCCCCCCCC/C=C/CCCCCC(CC(=O)NC(CO)C(O)CCCCCCCCCCCCCCC)OC(=O)CCCCCCCCCCC. The number of rotatable bonds is 44. The Labute approximate surface area is 342 Å². The van der Waals surface area contributed by atoms with E-state index < -0.39 is 18.2 Å². The van der Waals surface area contributed by atoms with Crippen LogP contribution in [-0.2, 0) is 14.3 Å². The second kappa shape index (κ2) is 43.7. The number of carbonyl (C=O) groups is 2. The van der Waals surface area contributed by atoms with Crippen LogP contribution in [-0.4, -0.2) is 46.9 Å². The lowest BCUT2D eigenvalue weighted by molar-refractivity contribution is -0.151. The van der Waals surface area contributed by atoms with Gasteiger partial charge in [-0.1, -0.05) is 213 Å². The predicted molar refractivity (Wildman–Crippen MR) is 237 cm³/mol. The van der Waals surface area contributed by atoms with Crippen LogP contribution >= 0.6 is 0 Å². The average Bonchev–Trinajstić information content (AvgIpc) is 3.18. The Balaban J connectivity index is 4.54. The maximum atomic E-state index is 13.1. The van der Waals surface area contributed by atoms with E-state index in [0.29, 0.717) is 19.3 Å². The minimum absolute atomic E-state index is 0.0732. The van der Waals surface area contributed by atoms with Gasteiger partial charge in [0.1, 0.15) is 6.10 Å². The van der Waals surface area contributed by atoms with E-state index in [1.165, 1.54) is 161 Å². The van der Waals surface area contributed by atoms with Gasteiger partial charge in [-0.05, 0) is 51.4 Å². The molecule has 0 heterocycles. The van der Waals surface area contributed by atoms with Gasteiger partial charge in [-0.25, -0.2) is 0 Å². The summed E-state index contributed by atoms with van der Waals surface area (Å²) in [5.74, 6) is -0.479. The standard InChI is InChI=1S/C49H95NO5/c1-4-7-10-13-16-19-21-23-25-26-29-31-34-37-40-45(55-49(54)42-39-36-33-28-18-15-12-9-6-3)43-48(53)50-46(44-51)47(52)41-38-35-32-30-27-24-22-20-17-14-11-8-5-2/h25-26,45-47,51-52H,4-24,27-44H2,1-3H3,(H,50,53)/b26-25+. The first-order chi connectivity index (χ1) is 27.0. The summed E-state index contributed by atoms with van der Waals surface area (Å²) in [7, 11) is 0. The highest BCUT2D eigenvalue weighted by Gasteiger charge is 2.24. The summed E-state index contributed by atoms with van der Waals surface area (Å²) in [5.41, 5.74) is 0. The monoisotopic (exact) mass is 778 g/mol. The first kappa shape index (κ1) is 53.6. The number of nitrogens with one attached hydrogen (secondary N) is 1. The van der Waals surface area contributed by atoms with Crippen LogP contribution in [0.3, 0.4) is 0 Å². The van der Waals surface area contributed by atoms with Gasteiger partial charge in [0, 0.05) is 6.42 Å². The van der Waals surface area contributed by atoms with Gasteiger partial charge >= 0.3 is 5.97 Å². The molecule has 3 atom stereocenters. The van der Waals surface area contributed by atoms with Crippen molar-refractivity contribution < 1.29 is 24.5 Å². The van der Waals surface area contributed by atoms with E-state index in [4.69, 9.17) is 4.74 Å². The Kier molecular flexibility index (Phi) is 42.6. The van der Waals surface area contributed by atoms with E-state index in [0.717, 1.165) is 57.8 Å². The number of allylic oxidation sites excluding steroid dienone is 2. The van der Waals surface area contributed by atoms with Crippen molar-refractivity contribution in [1.82, 2.24) is 5.32 Å². The van der Waals surface area contributed by atoms with Crippen molar-refractivity contribution in [2.24, 2.45) is 0 Å². The van der Waals surface area contributed by atoms with E-state index in [1.807, 2.05) is 0 Å². The second-order valence-corrected chi connectivity index (χ2v) is 16.9. The van der Waals surface area contributed by atoms with Crippen molar-refractivity contribution in [3.8, 4) is 0 Å².